The standard InChI is InChI=1S/C15H19N3O3S2/c1-10-2-3-11(23-10)4-18-5-13(19)15(21,8-18)7-16-14(20)12-6-22-9-17-12/h2-3,6,9,13,19,21H,4-5,7-8H2,1H3,(H,16,20)/t13-,15+/m1/s1. The zero-order valence-corrected chi connectivity index (χ0v) is 14.4. The van der Waals surface area contributed by atoms with E-state index in [2.05, 4.69) is 29.4 Å². The molecule has 1 aliphatic rings. The third-order valence-corrected chi connectivity index (χ3v) is 5.52. The Morgan fingerprint density at radius 3 is 3.04 bits per heavy atom. The summed E-state index contributed by atoms with van der Waals surface area (Å²) in [6.07, 6.45) is -0.890. The molecule has 0 unspecified atom stereocenters. The van der Waals surface area contributed by atoms with Gasteiger partial charge in [-0.05, 0) is 19.1 Å². The maximum Gasteiger partial charge on any atom is 0.270 e. The van der Waals surface area contributed by atoms with Crippen LogP contribution in [-0.2, 0) is 6.54 Å². The van der Waals surface area contributed by atoms with Gasteiger partial charge in [-0.1, -0.05) is 0 Å². The molecule has 0 bridgehead atoms. The average Bonchev–Trinajstić information content (AvgIpc) is 3.21. The molecular formula is C15H19N3O3S2. The van der Waals surface area contributed by atoms with Crippen molar-refractivity contribution in [3.05, 3.63) is 38.5 Å². The quantitative estimate of drug-likeness (QED) is 0.742. The zero-order chi connectivity index (χ0) is 16.4. The van der Waals surface area contributed by atoms with Crippen molar-refractivity contribution in [2.24, 2.45) is 0 Å². The fourth-order valence-electron chi connectivity index (χ4n) is 2.70. The van der Waals surface area contributed by atoms with E-state index in [0.29, 0.717) is 25.3 Å². The minimum Gasteiger partial charge on any atom is -0.389 e. The first kappa shape index (κ1) is 16.5. The number of thiophene rings is 1. The van der Waals surface area contributed by atoms with E-state index >= 15 is 0 Å². The molecule has 1 saturated heterocycles. The lowest BCUT2D eigenvalue weighted by molar-refractivity contribution is -0.0377. The molecule has 0 radical (unpaired) electrons. The number of rotatable bonds is 5. The van der Waals surface area contributed by atoms with Crippen molar-refractivity contribution in [1.82, 2.24) is 15.2 Å². The summed E-state index contributed by atoms with van der Waals surface area (Å²) in [5.74, 6) is -0.334. The van der Waals surface area contributed by atoms with E-state index in [1.165, 1.54) is 21.1 Å². The number of nitrogens with zero attached hydrogens (tertiary/aromatic N) is 2. The number of hydrogen-bond acceptors (Lipinski definition) is 7. The zero-order valence-electron chi connectivity index (χ0n) is 12.7. The van der Waals surface area contributed by atoms with E-state index in [9.17, 15) is 15.0 Å². The van der Waals surface area contributed by atoms with E-state index in [-0.39, 0.29) is 12.5 Å². The van der Waals surface area contributed by atoms with Gasteiger partial charge in [0.05, 0.1) is 18.2 Å². The normalized spacial score (nSPS) is 24.9. The van der Waals surface area contributed by atoms with Crippen LogP contribution in [0.15, 0.2) is 23.0 Å². The van der Waals surface area contributed by atoms with Gasteiger partial charge in [0.25, 0.3) is 5.91 Å². The highest BCUT2D eigenvalue weighted by atomic mass is 32.1. The van der Waals surface area contributed by atoms with Gasteiger partial charge in [0.15, 0.2) is 0 Å². The van der Waals surface area contributed by atoms with Crippen molar-refractivity contribution in [2.75, 3.05) is 19.6 Å². The molecule has 124 valence electrons. The summed E-state index contributed by atoms with van der Waals surface area (Å²) in [6.45, 7) is 3.46. The lowest BCUT2D eigenvalue weighted by Crippen LogP contribution is -2.51. The van der Waals surface area contributed by atoms with E-state index in [0.717, 1.165) is 0 Å². The molecule has 2 atom stereocenters. The second-order valence-corrected chi connectivity index (χ2v) is 7.95. The summed E-state index contributed by atoms with van der Waals surface area (Å²) in [5.41, 5.74) is 0.577. The molecule has 3 N–H and O–H groups in total. The third kappa shape index (κ3) is 3.78. The van der Waals surface area contributed by atoms with Crippen LogP contribution in [0.1, 0.15) is 20.2 Å². The molecule has 3 heterocycles. The van der Waals surface area contributed by atoms with Crippen molar-refractivity contribution in [1.29, 1.82) is 0 Å². The van der Waals surface area contributed by atoms with Crippen LogP contribution < -0.4 is 5.32 Å². The summed E-state index contributed by atoms with van der Waals surface area (Å²) in [5, 5.41) is 25.1. The Hall–Kier alpha value is -1.32. The first-order chi connectivity index (χ1) is 11.0. The molecular weight excluding hydrogens is 334 g/mol. The van der Waals surface area contributed by atoms with Crippen molar-refractivity contribution in [2.45, 2.75) is 25.2 Å². The summed E-state index contributed by atoms with van der Waals surface area (Å²) in [7, 11) is 0. The van der Waals surface area contributed by atoms with E-state index < -0.39 is 11.7 Å². The van der Waals surface area contributed by atoms with Gasteiger partial charge >= 0.3 is 0 Å². The number of carbonyl (C=O) groups excluding carboxylic acids is 1. The van der Waals surface area contributed by atoms with Crippen LogP contribution in [0.2, 0.25) is 0 Å². The monoisotopic (exact) mass is 353 g/mol. The minimum absolute atomic E-state index is 0.00446. The first-order valence-electron chi connectivity index (χ1n) is 7.31. The Kier molecular flexibility index (Phi) is 4.79. The topological polar surface area (TPSA) is 85.7 Å². The number of thiazole rings is 1. The van der Waals surface area contributed by atoms with Crippen molar-refractivity contribution >= 4 is 28.6 Å². The SMILES string of the molecule is Cc1ccc(CN2C[C@@H](O)[C@](O)(CNC(=O)c3cscn3)C2)s1. The maximum absolute atomic E-state index is 11.9. The molecule has 0 spiro atoms. The number of aliphatic hydroxyl groups excluding tert-OH is 1. The molecule has 8 heteroatoms. The van der Waals surface area contributed by atoms with Crippen molar-refractivity contribution < 1.29 is 15.0 Å². The summed E-state index contributed by atoms with van der Waals surface area (Å²) in [6, 6.07) is 4.13. The molecule has 23 heavy (non-hydrogen) atoms. The fraction of sp³-hybridized carbons (Fsp3) is 0.467. The fourth-order valence-corrected chi connectivity index (χ4v) is 4.17. The number of aliphatic hydroxyl groups is 2. The number of aromatic nitrogens is 1. The molecule has 1 amide bonds. The molecule has 6 nitrogen and oxygen atoms in total. The number of aryl methyl sites for hydroxylation is 1. The van der Waals surface area contributed by atoms with Crippen LogP contribution in [0.4, 0.5) is 0 Å². The number of carbonyl (C=O) groups is 1. The third-order valence-electron chi connectivity index (χ3n) is 3.94. The number of likely N-dealkylation sites (tertiary alicyclic amines) is 1. The van der Waals surface area contributed by atoms with Crippen LogP contribution in [0.5, 0.6) is 0 Å². The summed E-state index contributed by atoms with van der Waals surface area (Å²) in [4.78, 5) is 20.3. The van der Waals surface area contributed by atoms with E-state index in [1.807, 2.05) is 4.90 Å². The number of nitrogens with one attached hydrogen (secondary N) is 1. The highest BCUT2D eigenvalue weighted by molar-refractivity contribution is 7.11. The predicted octanol–water partition coefficient (Wildman–Crippen LogP) is 0.851. The Morgan fingerprint density at radius 2 is 2.39 bits per heavy atom. The molecule has 2 aromatic heterocycles. The van der Waals surface area contributed by atoms with Gasteiger partial charge in [0.2, 0.25) is 0 Å². The lowest BCUT2D eigenvalue weighted by atomic mass is 10.0. The number of β-amino-alcohol motifs (C(OH)–C–C–N with tert-alkyl or cyclic N) is 2. The van der Waals surface area contributed by atoms with Gasteiger partial charge in [-0.25, -0.2) is 4.98 Å². The van der Waals surface area contributed by atoms with Gasteiger partial charge in [-0.3, -0.25) is 9.69 Å². The minimum atomic E-state index is -1.34. The molecule has 2 aromatic rings. The molecule has 0 aromatic carbocycles. The largest absolute Gasteiger partial charge is 0.389 e. The highest BCUT2D eigenvalue weighted by Crippen LogP contribution is 2.25. The Morgan fingerprint density at radius 1 is 1.57 bits per heavy atom. The average molecular weight is 353 g/mol. The van der Waals surface area contributed by atoms with Crippen LogP contribution in [-0.4, -0.2) is 57.3 Å². The molecule has 0 saturated carbocycles. The predicted molar refractivity (Wildman–Crippen MR) is 89.7 cm³/mol. The van der Waals surface area contributed by atoms with Gasteiger partial charge in [0.1, 0.15) is 11.3 Å². The van der Waals surface area contributed by atoms with Gasteiger partial charge in [0, 0.05) is 34.8 Å². The Bertz CT molecular complexity index is 673. The highest BCUT2D eigenvalue weighted by Gasteiger charge is 2.44. The van der Waals surface area contributed by atoms with Crippen molar-refractivity contribution in [3.63, 3.8) is 0 Å². The van der Waals surface area contributed by atoms with E-state index in [1.54, 1.807) is 22.2 Å². The smallest absolute Gasteiger partial charge is 0.270 e. The Labute approximate surface area is 142 Å². The maximum atomic E-state index is 11.9. The Balaban J connectivity index is 1.57. The lowest BCUT2D eigenvalue weighted by Gasteiger charge is -2.26. The van der Waals surface area contributed by atoms with Gasteiger partial charge in [-0.15, -0.1) is 22.7 Å². The summed E-state index contributed by atoms with van der Waals surface area (Å²) < 4.78 is 0. The van der Waals surface area contributed by atoms with Gasteiger partial charge in [-0.2, -0.15) is 0 Å². The van der Waals surface area contributed by atoms with Gasteiger partial charge < -0.3 is 15.5 Å². The first-order valence-corrected chi connectivity index (χ1v) is 9.07. The number of hydrogen-bond donors (Lipinski definition) is 3. The van der Waals surface area contributed by atoms with Crippen molar-refractivity contribution in [3.8, 4) is 0 Å². The number of amides is 1. The van der Waals surface area contributed by atoms with Crippen LogP contribution in [0.25, 0.3) is 0 Å². The molecule has 0 aliphatic carbocycles. The molecule has 1 aliphatic heterocycles. The van der Waals surface area contributed by atoms with Crippen LogP contribution in [0.3, 0.4) is 0 Å². The summed E-state index contributed by atoms with van der Waals surface area (Å²) >= 11 is 3.05. The van der Waals surface area contributed by atoms with E-state index in [4.69, 9.17) is 0 Å². The molecule has 3 rings (SSSR count). The second kappa shape index (κ2) is 6.66. The van der Waals surface area contributed by atoms with Crippen LogP contribution >= 0.6 is 22.7 Å². The second-order valence-electron chi connectivity index (χ2n) is 5.86. The molecule has 1 fully saturated rings. The van der Waals surface area contributed by atoms with Crippen LogP contribution in [0, 0.1) is 6.92 Å².